The molecule has 1 rings (SSSR count). The van der Waals surface area contributed by atoms with Crippen LogP contribution in [-0.2, 0) is 9.59 Å². The van der Waals surface area contributed by atoms with Gasteiger partial charge < -0.3 is 16.0 Å². The van der Waals surface area contributed by atoms with Gasteiger partial charge in [-0.15, -0.1) is 0 Å². The quantitative estimate of drug-likeness (QED) is 0.543. The van der Waals surface area contributed by atoms with Gasteiger partial charge in [-0.2, -0.15) is 0 Å². The van der Waals surface area contributed by atoms with Crippen molar-refractivity contribution in [3.63, 3.8) is 0 Å². The van der Waals surface area contributed by atoms with Crippen LogP contribution >= 0.6 is 0 Å². The highest BCUT2D eigenvalue weighted by molar-refractivity contribution is 5.83. The van der Waals surface area contributed by atoms with Crippen molar-refractivity contribution in [3.8, 4) is 0 Å². The van der Waals surface area contributed by atoms with Crippen LogP contribution in [0.2, 0.25) is 0 Å². The standard InChI is InChI=1S/C9H17N3O2/c1-10-8(13)4-6-12-9(14)7-3-2-5-11-7/h7,11H,2-6H2,1H3,(H,10,13)(H,12,14)/t7-/m1/s1. The molecule has 1 atom stereocenters. The first kappa shape index (κ1) is 11.0. The van der Waals surface area contributed by atoms with Crippen LogP contribution in [0.15, 0.2) is 0 Å². The van der Waals surface area contributed by atoms with Crippen molar-refractivity contribution in [2.75, 3.05) is 20.1 Å². The minimum Gasteiger partial charge on any atom is -0.359 e. The summed E-state index contributed by atoms with van der Waals surface area (Å²) in [7, 11) is 1.59. The van der Waals surface area contributed by atoms with Crippen molar-refractivity contribution in [1.82, 2.24) is 16.0 Å². The molecule has 1 fully saturated rings. The smallest absolute Gasteiger partial charge is 0.237 e. The van der Waals surface area contributed by atoms with E-state index in [1.807, 2.05) is 0 Å². The van der Waals surface area contributed by atoms with Gasteiger partial charge >= 0.3 is 0 Å². The predicted octanol–water partition coefficient (Wildman–Crippen LogP) is -1.01. The van der Waals surface area contributed by atoms with Gasteiger partial charge in [-0.25, -0.2) is 0 Å². The molecule has 1 saturated heterocycles. The van der Waals surface area contributed by atoms with Gasteiger partial charge in [0.1, 0.15) is 0 Å². The molecule has 0 saturated carbocycles. The highest BCUT2D eigenvalue weighted by Gasteiger charge is 2.21. The molecule has 1 aliphatic heterocycles. The fraction of sp³-hybridized carbons (Fsp3) is 0.778. The number of carbonyl (C=O) groups excluding carboxylic acids is 2. The molecule has 14 heavy (non-hydrogen) atoms. The van der Waals surface area contributed by atoms with E-state index >= 15 is 0 Å². The number of rotatable bonds is 4. The van der Waals surface area contributed by atoms with E-state index in [0.717, 1.165) is 19.4 Å². The largest absolute Gasteiger partial charge is 0.359 e. The van der Waals surface area contributed by atoms with Crippen molar-refractivity contribution in [1.29, 1.82) is 0 Å². The van der Waals surface area contributed by atoms with E-state index in [-0.39, 0.29) is 17.9 Å². The van der Waals surface area contributed by atoms with Crippen molar-refractivity contribution in [2.24, 2.45) is 0 Å². The van der Waals surface area contributed by atoms with Crippen LogP contribution in [0.1, 0.15) is 19.3 Å². The molecule has 0 aromatic rings. The van der Waals surface area contributed by atoms with E-state index < -0.39 is 0 Å². The maximum atomic E-state index is 11.4. The lowest BCUT2D eigenvalue weighted by Gasteiger charge is -2.10. The Morgan fingerprint density at radius 3 is 2.86 bits per heavy atom. The Labute approximate surface area is 83.6 Å². The molecule has 3 N–H and O–H groups in total. The van der Waals surface area contributed by atoms with Gasteiger partial charge in [0.15, 0.2) is 0 Å². The maximum Gasteiger partial charge on any atom is 0.237 e. The second kappa shape index (κ2) is 5.59. The molecular formula is C9H17N3O2. The fourth-order valence-corrected chi connectivity index (χ4v) is 1.46. The molecule has 2 amide bonds. The zero-order chi connectivity index (χ0) is 10.4. The van der Waals surface area contributed by atoms with Gasteiger partial charge in [0.25, 0.3) is 0 Å². The molecule has 5 nitrogen and oxygen atoms in total. The van der Waals surface area contributed by atoms with Gasteiger partial charge in [-0.05, 0) is 19.4 Å². The Bertz CT molecular complexity index is 212. The summed E-state index contributed by atoms with van der Waals surface area (Å²) < 4.78 is 0. The lowest BCUT2D eigenvalue weighted by molar-refractivity contribution is -0.123. The topological polar surface area (TPSA) is 70.2 Å². The summed E-state index contributed by atoms with van der Waals surface area (Å²) in [5, 5.41) is 8.33. The summed E-state index contributed by atoms with van der Waals surface area (Å²) in [6.07, 6.45) is 2.29. The van der Waals surface area contributed by atoms with Crippen molar-refractivity contribution >= 4 is 11.8 Å². The minimum atomic E-state index is -0.0558. The molecule has 0 spiro atoms. The summed E-state index contributed by atoms with van der Waals surface area (Å²) in [5.41, 5.74) is 0. The second-order valence-electron chi connectivity index (χ2n) is 3.36. The lowest BCUT2D eigenvalue weighted by atomic mass is 10.2. The number of carbonyl (C=O) groups is 2. The Kier molecular flexibility index (Phi) is 4.39. The first-order chi connectivity index (χ1) is 6.74. The Balaban J connectivity index is 2.11. The summed E-state index contributed by atoms with van der Waals surface area (Å²) in [5.74, 6) is -0.0453. The van der Waals surface area contributed by atoms with Crippen LogP contribution in [0.3, 0.4) is 0 Å². The van der Waals surface area contributed by atoms with Gasteiger partial charge in [-0.1, -0.05) is 0 Å². The normalized spacial score (nSPS) is 20.5. The fourth-order valence-electron chi connectivity index (χ4n) is 1.46. The number of nitrogens with one attached hydrogen (secondary N) is 3. The van der Waals surface area contributed by atoms with E-state index in [9.17, 15) is 9.59 Å². The third-order valence-electron chi connectivity index (χ3n) is 2.31. The summed E-state index contributed by atoms with van der Waals surface area (Å²) in [6, 6.07) is -0.0558. The number of amides is 2. The van der Waals surface area contributed by atoms with Gasteiger partial charge in [0.2, 0.25) is 11.8 Å². The van der Waals surface area contributed by atoms with Gasteiger partial charge in [-0.3, -0.25) is 9.59 Å². The molecule has 0 bridgehead atoms. The van der Waals surface area contributed by atoms with E-state index in [1.165, 1.54) is 0 Å². The van der Waals surface area contributed by atoms with Crippen molar-refractivity contribution < 1.29 is 9.59 Å². The Hall–Kier alpha value is -1.10. The van der Waals surface area contributed by atoms with Gasteiger partial charge in [0.05, 0.1) is 6.04 Å². The molecule has 0 aliphatic carbocycles. The first-order valence-electron chi connectivity index (χ1n) is 4.95. The first-order valence-corrected chi connectivity index (χ1v) is 4.95. The zero-order valence-electron chi connectivity index (χ0n) is 8.43. The Morgan fingerprint density at radius 2 is 2.29 bits per heavy atom. The van der Waals surface area contributed by atoms with Crippen molar-refractivity contribution in [2.45, 2.75) is 25.3 Å². The SMILES string of the molecule is CNC(=O)CCNC(=O)[C@H]1CCCN1. The van der Waals surface area contributed by atoms with Crippen LogP contribution in [-0.4, -0.2) is 38.0 Å². The van der Waals surface area contributed by atoms with Gasteiger partial charge in [0, 0.05) is 20.0 Å². The predicted molar refractivity (Wildman–Crippen MR) is 52.7 cm³/mol. The molecule has 80 valence electrons. The second-order valence-corrected chi connectivity index (χ2v) is 3.36. The molecule has 0 aromatic heterocycles. The number of hydrogen-bond acceptors (Lipinski definition) is 3. The third kappa shape index (κ3) is 3.33. The monoisotopic (exact) mass is 199 g/mol. The summed E-state index contributed by atoms with van der Waals surface area (Å²) in [6.45, 7) is 1.32. The summed E-state index contributed by atoms with van der Waals surface area (Å²) in [4.78, 5) is 22.2. The molecule has 5 heteroatoms. The average Bonchev–Trinajstić information content (AvgIpc) is 2.70. The van der Waals surface area contributed by atoms with E-state index in [0.29, 0.717) is 13.0 Å². The summed E-state index contributed by atoms with van der Waals surface area (Å²) >= 11 is 0. The molecular weight excluding hydrogens is 182 g/mol. The molecule has 0 unspecified atom stereocenters. The minimum absolute atomic E-state index is 0.00593. The lowest BCUT2D eigenvalue weighted by Crippen LogP contribution is -2.41. The van der Waals surface area contributed by atoms with Crippen LogP contribution in [0.4, 0.5) is 0 Å². The number of hydrogen-bond donors (Lipinski definition) is 3. The zero-order valence-corrected chi connectivity index (χ0v) is 8.43. The van der Waals surface area contributed by atoms with Crippen LogP contribution < -0.4 is 16.0 Å². The van der Waals surface area contributed by atoms with Crippen molar-refractivity contribution in [3.05, 3.63) is 0 Å². The highest BCUT2D eigenvalue weighted by Crippen LogP contribution is 2.04. The Morgan fingerprint density at radius 1 is 1.50 bits per heavy atom. The molecule has 1 aliphatic rings. The third-order valence-corrected chi connectivity index (χ3v) is 2.31. The maximum absolute atomic E-state index is 11.4. The van der Waals surface area contributed by atoms with Crippen LogP contribution in [0.25, 0.3) is 0 Å². The molecule has 0 aromatic carbocycles. The van der Waals surface area contributed by atoms with E-state index in [4.69, 9.17) is 0 Å². The van der Waals surface area contributed by atoms with Crippen LogP contribution in [0.5, 0.6) is 0 Å². The molecule has 0 radical (unpaired) electrons. The molecule has 1 heterocycles. The highest BCUT2D eigenvalue weighted by atomic mass is 16.2. The average molecular weight is 199 g/mol. The van der Waals surface area contributed by atoms with Crippen LogP contribution in [0, 0.1) is 0 Å². The van der Waals surface area contributed by atoms with E-state index in [1.54, 1.807) is 7.05 Å². The van der Waals surface area contributed by atoms with E-state index in [2.05, 4.69) is 16.0 Å².